The Kier molecular flexibility index (Phi) is 5.21. The molecule has 0 aromatic rings. The normalized spacial score (nSPS) is 20.3. The maximum atomic E-state index is 10.3. The first-order valence-corrected chi connectivity index (χ1v) is 4.07. The minimum atomic E-state index is -0.891. The topological polar surface area (TPSA) is 80.7 Å². The lowest BCUT2D eigenvalue weighted by molar-refractivity contribution is -0.153. The van der Waals surface area contributed by atoms with E-state index in [1.165, 1.54) is 6.08 Å². The molecule has 0 aromatic carbocycles. The second-order valence-electron chi connectivity index (χ2n) is 2.74. The van der Waals surface area contributed by atoms with Gasteiger partial charge in [-0.1, -0.05) is 13.0 Å². The first-order valence-electron chi connectivity index (χ1n) is 4.07. The Morgan fingerprint density at radius 2 is 2.14 bits per heavy atom. The van der Waals surface area contributed by atoms with Gasteiger partial charge in [0.25, 0.3) is 0 Å². The van der Waals surface area contributed by atoms with E-state index < -0.39 is 17.9 Å². The minimum absolute atomic E-state index is 0.220. The van der Waals surface area contributed by atoms with Crippen LogP contribution in [0.15, 0.2) is 12.2 Å². The van der Waals surface area contributed by atoms with Gasteiger partial charge in [0.2, 0.25) is 0 Å². The molecule has 0 aliphatic carbocycles. The summed E-state index contributed by atoms with van der Waals surface area (Å²) in [4.78, 5) is 30.1. The van der Waals surface area contributed by atoms with Crippen molar-refractivity contribution in [2.24, 2.45) is 5.92 Å². The highest BCUT2D eigenvalue weighted by molar-refractivity contribution is 5.94. The zero-order valence-electron chi connectivity index (χ0n) is 8.02. The summed E-state index contributed by atoms with van der Waals surface area (Å²) >= 11 is 0. The van der Waals surface area contributed by atoms with Gasteiger partial charge in [0.1, 0.15) is 0 Å². The van der Waals surface area contributed by atoms with E-state index in [-0.39, 0.29) is 12.3 Å². The summed E-state index contributed by atoms with van der Waals surface area (Å²) in [6.07, 6.45) is 2.81. The number of carbonyl (C=O) groups is 3. The third-order valence-electron chi connectivity index (χ3n) is 1.40. The largest absolute Gasteiger partial charge is 0.478 e. The van der Waals surface area contributed by atoms with E-state index in [9.17, 15) is 14.4 Å². The molecular weight excluding hydrogens is 188 g/mol. The Morgan fingerprint density at radius 3 is 2.21 bits per heavy atom. The third kappa shape index (κ3) is 5.08. The zero-order chi connectivity index (χ0) is 11.1. The van der Waals surface area contributed by atoms with Gasteiger partial charge < -0.3 is 9.84 Å². The number of hydrogen-bond acceptors (Lipinski definition) is 4. The second kappa shape index (κ2) is 5.90. The van der Waals surface area contributed by atoms with Crippen molar-refractivity contribution in [3.63, 3.8) is 0 Å². The summed E-state index contributed by atoms with van der Waals surface area (Å²) in [5, 5.41) is 7.83. The molecule has 0 saturated carbocycles. The lowest BCUT2D eigenvalue weighted by Crippen LogP contribution is -2.01. The summed E-state index contributed by atoms with van der Waals surface area (Å²) in [6.45, 7) is 3.33. The highest BCUT2D eigenvalue weighted by Crippen LogP contribution is 2.13. The quantitative estimate of drug-likeness (QED) is 0.383. The van der Waals surface area contributed by atoms with Crippen LogP contribution in [0.4, 0.5) is 0 Å². The van der Waals surface area contributed by atoms with Gasteiger partial charge in [-0.15, -0.1) is 0 Å². The lowest BCUT2D eigenvalue weighted by atomic mass is 10.1. The summed E-state index contributed by atoms with van der Waals surface area (Å²) in [5.74, 6) is -1.91. The number of esters is 2. The van der Waals surface area contributed by atoms with Gasteiger partial charge in [-0.3, -0.25) is 9.59 Å². The molecule has 1 aliphatic rings. The SMILES string of the molecule is C/C=C/C(=O)O.CC1CC(=O)OC1=O. The first kappa shape index (κ1) is 12.3. The molecule has 0 amide bonds. The number of allylic oxidation sites excluding steroid dienone is 1. The maximum Gasteiger partial charge on any atom is 0.327 e. The number of cyclic esters (lactones) is 2. The van der Waals surface area contributed by atoms with Crippen LogP contribution < -0.4 is 0 Å². The molecule has 78 valence electrons. The van der Waals surface area contributed by atoms with E-state index in [0.717, 1.165) is 6.08 Å². The molecule has 1 fully saturated rings. The van der Waals surface area contributed by atoms with Gasteiger partial charge >= 0.3 is 17.9 Å². The van der Waals surface area contributed by atoms with Crippen LogP contribution in [-0.4, -0.2) is 23.0 Å². The number of ether oxygens (including phenoxy) is 1. The Morgan fingerprint density at radius 1 is 1.57 bits per heavy atom. The first-order chi connectivity index (χ1) is 6.47. The molecule has 1 aliphatic heterocycles. The second-order valence-corrected chi connectivity index (χ2v) is 2.74. The Balaban J connectivity index is 0.000000255. The van der Waals surface area contributed by atoms with Crippen LogP contribution in [0.25, 0.3) is 0 Å². The number of carboxylic acid groups (broad SMARTS) is 1. The van der Waals surface area contributed by atoms with Crippen molar-refractivity contribution in [2.45, 2.75) is 20.3 Å². The molecule has 5 nitrogen and oxygen atoms in total. The predicted molar refractivity (Wildman–Crippen MR) is 47.3 cm³/mol. The van der Waals surface area contributed by atoms with Gasteiger partial charge in [0.05, 0.1) is 12.3 Å². The van der Waals surface area contributed by atoms with Crippen molar-refractivity contribution in [3.8, 4) is 0 Å². The van der Waals surface area contributed by atoms with Crippen LogP contribution in [0.1, 0.15) is 20.3 Å². The number of rotatable bonds is 1. The van der Waals surface area contributed by atoms with E-state index in [2.05, 4.69) is 4.74 Å². The van der Waals surface area contributed by atoms with Crippen LogP contribution >= 0.6 is 0 Å². The smallest absolute Gasteiger partial charge is 0.327 e. The molecule has 5 heteroatoms. The molecule has 0 radical (unpaired) electrons. The third-order valence-corrected chi connectivity index (χ3v) is 1.40. The molecule has 1 heterocycles. The van der Waals surface area contributed by atoms with E-state index in [1.807, 2.05) is 0 Å². The summed E-state index contributed by atoms with van der Waals surface area (Å²) < 4.78 is 4.20. The fraction of sp³-hybridized carbons (Fsp3) is 0.444. The maximum absolute atomic E-state index is 10.3. The lowest BCUT2D eigenvalue weighted by Gasteiger charge is -1.86. The Hall–Kier alpha value is -1.65. The average Bonchev–Trinajstić information content (AvgIpc) is 2.30. The summed E-state index contributed by atoms with van der Waals surface area (Å²) in [6, 6.07) is 0. The Bertz CT molecular complexity index is 266. The molecule has 0 aromatic heterocycles. The van der Waals surface area contributed by atoms with Gasteiger partial charge in [-0.2, -0.15) is 0 Å². The molecule has 0 spiro atoms. The van der Waals surface area contributed by atoms with E-state index in [1.54, 1.807) is 13.8 Å². The molecule has 1 unspecified atom stereocenters. The predicted octanol–water partition coefficient (Wildman–Crippen LogP) is 0.743. The molecule has 1 rings (SSSR count). The summed E-state index contributed by atoms with van der Waals surface area (Å²) in [7, 11) is 0. The number of hydrogen-bond donors (Lipinski definition) is 1. The molecular formula is C9H12O5. The number of aliphatic carboxylic acids is 1. The van der Waals surface area contributed by atoms with E-state index in [4.69, 9.17) is 5.11 Å². The van der Waals surface area contributed by atoms with Crippen molar-refractivity contribution in [2.75, 3.05) is 0 Å². The fourth-order valence-electron chi connectivity index (χ4n) is 0.730. The molecule has 1 atom stereocenters. The number of carboxylic acids is 1. The fourth-order valence-corrected chi connectivity index (χ4v) is 0.730. The van der Waals surface area contributed by atoms with Gasteiger partial charge in [-0.05, 0) is 6.92 Å². The van der Waals surface area contributed by atoms with Crippen molar-refractivity contribution in [3.05, 3.63) is 12.2 Å². The monoisotopic (exact) mass is 200 g/mol. The van der Waals surface area contributed by atoms with E-state index in [0.29, 0.717) is 0 Å². The van der Waals surface area contributed by atoms with Crippen molar-refractivity contribution in [1.82, 2.24) is 0 Å². The van der Waals surface area contributed by atoms with Crippen molar-refractivity contribution >= 4 is 17.9 Å². The highest BCUT2D eigenvalue weighted by Gasteiger charge is 2.28. The standard InChI is InChI=1S/C5H6O3.C4H6O2/c1-3-2-4(6)8-5(3)7;1-2-3-4(5)6/h3H,2H2,1H3;2-3H,1H3,(H,5,6)/b;3-2+. The molecule has 1 N–H and O–H groups in total. The van der Waals surface area contributed by atoms with E-state index >= 15 is 0 Å². The summed E-state index contributed by atoms with van der Waals surface area (Å²) in [5.41, 5.74) is 0. The minimum Gasteiger partial charge on any atom is -0.478 e. The molecule has 1 saturated heterocycles. The Labute approximate surface area is 81.4 Å². The average molecular weight is 200 g/mol. The van der Waals surface area contributed by atoms with Crippen LogP contribution in [0.5, 0.6) is 0 Å². The number of carbonyl (C=O) groups excluding carboxylic acids is 2. The van der Waals surface area contributed by atoms with Crippen molar-refractivity contribution < 1.29 is 24.2 Å². The zero-order valence-corrected chi connectivity index (χ0v) is 8.02. The van der Waals surface area contributed by atoms with Crippen LogP contribution in [0.3, 0.4) is 0 Å². The molecule has 14 heavy (non-hydrogen) atoms. The van der Waals surface area contributed by atoms with Crippen LogP contribution in [-0.2, 0) is 19.1 Å². The van der Waals surface area contributed by atoms with Gasteiger partial charge in [0.15, 0.2) is 0 Å². The van der Waals surface area contributed by atoms with Gasteiger partial charge in [-0.25, -0.2) is 4.79 Å². The van der Waals surface area contributed by atoms with Crippen molar-refractivity contribution in [1.29, 1.82) is 0 Å². The van der Waals surface area contributed by atoms with Gasteiger partial charge in [0, 0.05) is 6.08 Å². The van der Waals surface area contributed by atoms with Crippen LogP contribution in [0.2, 0.25) is 0 Å². The highest BCUT2D eigenvalue weighted by atomic mass is 16.6. The molecule has 0 bridgehead atoms. The van der Waals surface area contributed by atoms with Crippen LogP contribution in [0, 0.1) is 5.92 Å².